The number of nitrogens with zero attached hydrogens (tertiary/aromatic N) is 1. The maximum atomic E-state index is 12.5. The van der Waals surface area contributed by atoms with Crippen molar-refractivity contribution in [3.05, 3.63) is 29.8 Å². The summed E-state index contributed by atoms with van der Waals surface area (Å²) in [6.07, 6.45) is 6.10. The summed E-state index contributed by atoms with van der Waals surface area (Å²) < 4.78 is 0. The molecule has 1 saturated carbocycles. The first kappa shape index (κ1) is 21.1. The molecule has 0 unspecified atom stereocenters. The lowest BCUT2D eigenvalue weighted by atomic mass is 9.86. The Labute approximate surface area is 174 Å². The molecule has 0 aromatic heterocycles. The Morgan fingerprint density at radius 3 is 2.64 bits per heavy atom. The quantitative estimate of drug-likeness (QED) is 0.657. The highest BCUT2D eigenvalue weighted by Gasteiger charge is 2.27. The molecule has 0 radical (unpaired) electrons. The third kappa shape index (κ3) is 5.67. The molecule has 1 amide bonds. The standard InChI is InChI=1S/C22H34N4OS/c1-3-18-9-5-7-11-20(18)23-21(27)16-25-12-14-26(15-13-25)22(28)24-19-10-6-4-8-17(19)2/h5,7,9,11,17,19H,3-4,6,8,10,12-16H2,1-2H3,(H,23,27)(H,24,28)/p+1/t17-,19-/m1/s1. The zero-order chi connectivity index (χ0) is 19.9. The van der Waals surface area contributed by atoms with Crippen LogP contribution in [0.4, 0.5) is 5.69 Å². The van der Waals surface area contributed by atoms with Gasteiger partial charge in [-0.15, -0.1) is 0 Å². The van der Waals surface area contributed by atoms with E-state index >= 15 is 0 Å². The van der Waals surface area contributed by atoms with Crippen LogP contribution in [0.15, 0.2) is 24.3 Å². The van der Waals surface area contributed by atoms with Crippen LogP contribution >= 0.6 is 12.2 Å². The number of piperazine rings is 1. The Hall–Kier alpha value is -1.66. The number of carbonyl (C=O) groups is 1. The number of aryl methyl sites for hydroxylation is 1. The molecule has 3 rings (SSSR count). The molecule has 2 fully saturated rings. The zero-order valence-electron chi connectivity index (χ0n) is 17.3. The van der Waals surface area contributed by atoms with Gasteiger partial charge in [0, 0.05) is 11.7 Å². The fourth-order valence-electron chi connectivity index (χ4n) is 4.36. The molecular formula is C22H35N4OS+. The molecule has 5 nitrogen and oxygen atoms in total. The number of thiocarbonyl (C=S) groups is 1. The number of quaternary nitrogens is 1. The van der Waals surface area contributed by atoms with Crippen LogP contribution in [0.2, 0.25) is 0 Å². The van der Waals surface area contributed by atoms with Gasteiger partial charge in [-0.1, -0.05) is 44.9 Å². The van der Waals surface area contributed by atoms with Crippen LogP contribution in [0, 0.1) is 5.92 Å². The second-order valence-electron chi connectivity index (χ2n) is 8.29. The van der Waals surface area contributed by atoms with Gasteiger partial charge >= 0.3 is 0 Å². The van der Waals surface area contributed by atoms with E-state index in [1.807, 2.05) is 18.2 Å². The van der Waals surface area contributed by atoms with Crippen molar-refractivity contribution in [2.45, 2.75) is 52.0 Å². The molecule has 1 aromatic rings. The van der Waals surface area contributed by atoms with E-state index in [0.29, 0.717) is 18.5 Å². The number of hydrogen-bond acceptors (Lipinski definition) is 2. The van der Waals surface area contributed by atoms with E-state index in [9.17, 15) is 4.79 Å². The summed E-state index contributed by atoms with van der Waals surface area (Å²) in [5.41, 5.74) is 2.13. The lowest BCUT2D eigenvalue weighted by molar-refractivity contribution is -0.895. The molecule has 154 valence electrons. The number of benzene rings is 1. The van der Waals surface area contributed by atoms with Crippen LogP contribution < -0.4 is 15.5 Å². The van der Waals surface area contributed by atoms with Crippen LogP contribution in [0.3, 0.4) is 0 Å². The second-order valence-corrected chi connectivity index (χ2v) is 8.68. The number of anilines is 1. The van der Waals surface area contributed by atoms with E-state index in [0.717, 1.165) is 43.4 Å². The molecule has 28 heavy (non-hydrogen) atoms. The summed E-state index contributed by atoms with van der Waals surface area (Å²) in [7, 11) is 0. The lowest BCUT2D eigenvalue weighted by Gasteiger charge is -2.37. The average molecular weight is 404 g/mol. The Balaban J connectivity index is 1.42. The molecule has 2 atom stereocenters. The smallest absolute Gasteiger partial charge is 0.279 e. The van der Waals surface area contributed by atoms with Gasteiger partial charge in [-0.3, -0.25) is 4.79 Å². The predicted molar refractivity (Wildman–Crippen MR) is 119 cm³/mol. The Bertz CT molecular complexity index is 672. The van der Waals surface area contributed by atoms with Crippen molar-refractivity contribution in [3.63, 3.8) is 0 Å². The average Bonchev–Trinajstić information content (AvgIpc) is 2.70. The van der Waals surface area contributed by atoms with Gasteiger partial charge in [-0.2, -0.15) is 0 Å². The molecule has 1 heterocycles. The van der Waals surface area contributed by atoms with Crippen molar-refractivity contribution in [2.24, 2.45) is 5.92 Å². The molecule has 1 aliphatic carbocycles. The van der Waals surface area contributed by atoms with Crippen LogP contribution in [0.1, 0.15) is 45.1 Å². The highest BCUT2D eigenvalue weighted by atomic mass is 32.1. The number of nitrogens with one attached hydrogen (secondary N) is 3. The first-order chi connectivity index (χ1) is 13.6. The number of para-hydroxylation sites is 1. The third-order valence-corrected chi connectivity index (χ3v) is 6.64. The monoisotopic (exact) mass is 403 g/mol. The van der Waals surface area contributed by atoms with Crippen molar-refractivity contribution in [3.8, 4) is 0 Å². The summed E-state index contributed by atoms with van der Waals surface area (Å²) in [5, 5.41) is 7.60. The maximum absolute atomic E-state index is 12.5. The fourth-order valence-corrected chi connectivity index (χ4v) is 4.69. The Morgan fingerprint density at radius 2 is 1.93 bits per heavy atom. The van der Waals surface area contributed by atoms with Gasteiger partial charge in [0.25, 0.3) is 5.91 Å². The van der Waals surface area contributed by atoms with Crippen molar-refractivity contribution < 1.29 is 9.69 Å². The minimum Gasteiger partial charge on any atom is -0.360 e. The minimum atomic E-state index is 0.0982. The second kappa shape index (κ2) is 10.2. The molecule has 1 aliphatic heterocycles. The van der Waals surface area contributed by atoms with Crippen LogP contribution in [0.5, 0.6) is 0 Å². The maximum Gasteiger partial charge on any atom is 0.279 e. The fraction of sp³-hybridized carbons (Fsp3) is 0.636. The molecule has 1 saturated heterocycles. The number of rotatable bonds is 5. The third-order valence-electron chi connectivity index (χ3n) is 6.26. The molecule has 0 spiro atoms. The van der Waals surface area contributed by atoms with E-state index in [1.165, 1.54) is 36.1 Å². The Morgan fingerprint density at radius 1 is 1.21 bits per heavy atom. The van der Waals surface area contributed by atoms with Gasteiger partial charge in [-0.25, -0.2) is 0 Å². The predicted octanol–water partition coefficient (Wildman–Crippen LogP) is 1.84. The normalized spacial score (nSPS) is 23.3. The topological polar surface area (TPSA) is 48.8 Å². The van der Waals surface area contributed by atoms with E-state index < -0.39 is 0 Å². The molecule has 0 bridgehead atoms. The number of carbonyl (C=O) groups excluding carboxylic acids is 1. The zero-order valence-corrected chi connectivity index (χ0v) is 18.1. The SMILES string of the molecule is CCc1ccccc1NC(=O)C[NH+]1CCN(C(=S)N[C@@H]2CCCC[C@H]2C)CC1. The summed E-state index contributed by atoms with van der Waals surface area (Å²) >= 11 is 5.67. The van der Waals surface area contributed by atoms with E-state index in [-0.39, 0.29) is 5.91 Å². The molecule has 2 aliphatic rings. The summed E-state index contributed by atoms with van der Waals surface area (Å²) in [4.78, 5) is 16.1. The number of amides is 1. The van der Waals surface area contributed by atoms with Crippen molar-refractivity contribution in [1.29, 1.82) is 0 Å². The highest BCUT2D eigenvalue weighted by molar-refractivity contribution is 7.80. The summed E-state index contributed by atoms with van der Waals surface area (Å²) in [5.74, 6) is 0.800. The van der Waals surface area contributed by atoms with Gasteiger partial charge in [0.1, 0.15) is 0 Å². The molecule has 1 aromatic carbocycles. The van der Waals surface area contributed by atoms with Gasteiger partial charge < -0.3 is 20.4 Å². The van der Waals surface area contributed by atoms with Crippen LogP contribution in [-0.4, -0.2) is 54.7 Å². The van der Waals surface area contributed by atoms with Gasteiger partial charge in [-0.05, 0) is 49.0 Å². The van der Waals surface area contributed by atoms with Crippen molar-refractivity contribution in [2.75, 3.05) is 38.0 Å². The Kier molecular flexibility index (Phi) is 7.68. The van der Waals surface area contributed by atoms with Gasteiger partial charge in [0.15, 0.2) is 11.7 Å². The summed E-state index contributed by atoms with van der Waals surface area (Å²) in [6, 6.07) is 8.57. The molecule has 6 heteroatoms. The van der Waals surface area contributed by atoms with Gasteiger partial charge in [0.05, 0.1) is 26.2 Å². The minimum absolute atomic E-state index is 0.0982. The van der Waals surface area contributed by atoms with Crippen LogP contribution in [-0.2, 0) is 11.2 Å². The van der Waals surface area contributed by atoms with Gasteiger partial charge in [0.2, 0.25) is 0 Å². The summed E-state index contributed by atoms with van der Waals surface area (Å²) in [6.45, 7) is 8.70. The highest BCUT2D eigenvalue weighted by Crippen LogP contribution is 2.23. The van der Waals surface area contributed by atoms with Crippen molar-refractivity contribution in [1.82, 2.24) is 10.2 Å². The lowest BCUT2D eigenvalue weighted by Crippen LogP contribution is -3.15. The largest absolute Gasteiger partial charge is 0.360 e. The van der Waals surface area contributed by atoms with E-state index in [4.69, 9.17) is 12.2 Å². The molecule has 3 N–H and O–H groups in total. The first-order valence-electron chi connectivity index (χ1n) is 10.8. The number of hydrogen-bond donors (Lipinski definition) is 3. The first-order valence-corrected chi connectivity index (χ1v) is 11.2. The van der Waals surface area contributed by atoms with E-state index in [1.54, 1.807) is 0 Å². The van der Waals surface area contributed by atoms with Crippen molar-refractivity contribution >= 4 is 28.9 Å². The van der Waals surface area contributed by atoms with Crippen LogP contribution in [0.25, 0.3) is 0 Å². The molecular weight excluding hydrogens is 368 g/mol. The van der Waals surface area contributed by atoms with E-state index in [2.05, 4.69) is 35.4 Å².